The van der Waals surface area contributed by atoms with Crippen LogP contribution in [0.15, 0.2) is 42.5 Å². The van der Waals surface area contributed by atoms with E-state index in [1.165, 1.54) is 0 Å². The maximum atomic E-state index is 12.5. The van der Waals surface area contributed by atoms with Gasteiger partial charge in [-0.15, -0.1) is 0 Å². The van der Waals surface area contributed by atoms with Crippen molar-refractivity contribution in [2.45, 2.75) is 19.1 Å². The highest BCUT2D eigenvalue weighted by Crippen LogP contribution is 2.21. The summed E-state index contributed by atoms with van der Waals surface area (Å²) in [6.07, 6.45) is -0.215. The lowest BCUT2D eigenvalue weighted by Crippen LogP contribution is -2.43. The van der Waals surface area contributed by atoms with Crippen LogP contribution in [0.25, 0.3) is 11.0 Å². The lowest BCUT2D eigenvalue weighted by molar-refractivity contribution is -0.122. The van der Waals surface area contributed by atoms with E-state index in [-0.39, 0.29) is 13.0 Å². The maximum absolute atomic E-state index is 12.5. The number of aryl methyl sites for hydroxylation is 1. The highest BCUT2D eigenvalue weighted by Gasteiger charge is 2.29. The third-order valence-corrected chi connectivity index (χ3v) is 4.84. The van der Waals surface area contributed by atoms with Crippen LogP contribution in [-0.4, -0.2) is 38.4 Å². The lowest BCUT2D eigenvalue weighted by Gasteiger charge is -2.14. The minimum Gasteiger partial charge on any atom is -0.388 e. The van der Waals surface area contributed by atoms with Gasteiger partial charge < -0.3 is 25.6 Å². The van der Waals surface area contributed by atoms with Crippen LogP contribution in [0.2, 0.25) is 0 Å². The molecule has 1 aliphatic heterocycles. The first-order valence-corrected chi connectivity index (χ1v) is 9.03. The Kier molecular flexibility index (Phi) is 4.73. The number of carbonyl (C=O) groups excluding carboxylic acids is 3. The smallest absolute Gasteiger partial charge is 0.254 e. The molecule has 4 rings (SSSR count). The van der Waals surface area contributed by atoms with E-state index >= 15 is 0 Å². The molecule has 9 nitrogen and oxygen atoms in total. The van der Waals surface area contributed by atoms with Gasteiger partial charge in [0.05, 0.1) is 28.7 Å². The zero-order chi connectivity index (χ0) is 20.5. The number of benzene rings is 2. The van der Waals surface area contributed by atoms with Crippen LogP contribution in [0.5, 0.6) is 0 Å². The summed E-state index contributed by atoms with van der Waals surface area (Å²) >= 11 is 0. The minimum absolute atomic E-state index is 0.189. The fraction of sp³-hybridized carbons (Fsp3) is 0.200. The summed E-state index contributed by atoms with van der Waals surface area (Å²) in [6, 6.07) is 10.9. The van der Waals surface area contributed by atoms with E-state index in [4.69, 9.17) is 0 Å². The third kappa shape index (κ3) is 3.55. The molecule has 0 bridgehead atoms. The average molecular weight is 393 g/mol. The topological polar surface area (TPSA) is 125 Å². The van der Waals surface area contributed by atoms with E-state index < -0.39 is 23.8 Å². The Labute approximate surface area is 165 Å². The summed E-state index contributed by atoms with van der Waals surface area (Å²) < 4.78 is 1.77. The van der Waals surface area contributed by atoms with Crippen LogP contribution in [-0.2, 0) is 23.2 Å². The molecule has 2 aromatic carbocycles. The van der Waals surface area contributed by atoms with Crippen LogP contribution < -0.4 is 16.0 Å². The standard InChI is InChI=1S/C20H19N5O4/c1-25-16-7-6-11(8-14(16)22-17(25)10-26)21-18(27)9-15-20(29)23-13-5-3-2-4-12(13)19(28)24-15/h2-8,15,26H,9-10H2,1H3,(H,21,27)(H,23,29)(H,24,28). The normalized spacial score (nSPS) is 16.0. The Bertz CT molecular complexity index is 1140. The van der Waals surface area contributed by atoms with Crippen LogP contribution in [0, 0.1) is 0 Å². The molecule has 1 aromatic heterocycles. The van der Waals surface area contributed by atoms with Gasteiger partial charge in [0.1, 0.15) is 18.5 Å². The number of nitrogens with zero attached hydrogens (tertiary/aromatic N) is 2. The highest BCUT2D eigenvalue weighted by atomic mass is 16.3. The number of fused-ring (bicyclic) bond motifs is 2. The first kappa shape index (κ1) is 18.6. The summed E-state index contributed by atoms with van der Waals surface area (Å²) in [4.78, 5) is 41.5. The number of aromatic nitrogens is 2. The molecule has 1 atom stereocenters. The molecule has 9 heteroatoms. The lowest BCUT2D eigenvalue weighted by atomic mass is 10.1. The molecule has 0 fully saturated rings. The number of para-hydroxylation sites is 1. The Balaban J connectivity index is 1.48. The van der Waals surface area contributed by atoms with Crippen molar-refractivity contribution in [3.05, 3.63) is 53.9 Å². The summed E-state index contributed by atoms with van der Waals surface area (Å²) in [5.74, 6) is -0.774. The van der Waals surface area contributed by atoms with E-state index in [1.54, 1.807) is 54.1 Å². The number of anilines is 2. The second kappa shape index (κ2) is 7.36. The Morgan fingerprint density at radius 3 is 2.83 bits per heavy atom. The second-order valence-corrected chi connectivity index (χ2v) is 6.76. The van der Waals surface area contributed by atoms with Crippen molar-refractivity contribution in [3.8, 4) is 0 Å². The molecular weight excluding hydrogens is 374 g/mol. The summed E-state index contributed by atoms with van der Waals surface area (Å²) in [6.45, 7) is -0.189. The summed E-state index contributed by atoms with van der Waals surface area (Å²) in [5.41, 5.74) is 2.72. The van der Waals surface area contributed by atoms with E-state index in [2.05, 4.69) is 20.9 Å². The van der Waals surface area contributed by atoms with Gasteiger partial charge in [0.2, 0.25) is 11.8 Å². The van der Waals surface area contributed by atoms with Gasteiger partial charge in [-0.25, -0.2) is 4.98 Å². The average Bonchev–Trinajstić information content (AvgIpc) is 2.96. The molecule has 4 N–H and O–H groups in total. The molecule has 148 valence electrons. The van der Waals surface area contributed by atoms with Crippen molar-refractivity contribution in [2.24, 2.45) is 7.05 Å². The van der Waals surface area contributed by atoms with E-state index in [0.717, 1.165) is 5.52 Å². The van der Waals surface area contributed by atoms with Crippen LogP contribution >= 0.6 is 0 Å². The summed E-state index contributed by atoms with van der Waals surface area (Å²) in [5, 5.41) is 17.3. The van der Waals surface area contributed by atoms with Crippen molar-refractivity contribution in [2.75, 3.05) is 10.6 Å². The predicted octanol–water partition coefficient (Wildman–Crippen LogP) is 1.14. The van der Waals surface area contributed by atoms with Gasteiger partial charge in [0.15, 0.2) is 0 Å². The number of aliphatic hydroxyl groups is 1. The van der Waals surface area contributed by atoms with Crippen LogP contribution in [0.3, 0.4) is 0 Å². The summed E-state index contributed by atoms with van der Waals surface area (Å²) in [7, 11) is 1.80. The molecule has 0 saturated carbocycles. The van der Waals surface area contributed by atoms with Gasteiger partial charge in [0.25, 0.3) is 5.91 Å². The molecular formula is C20H19N5O4. The number of aliphatic hydroxyl groups excluding tert-OH is 1. The van der Waals surface area contributed by atoms with Crippen molar-refractivity contribution >= 4 is 40.1 Å². The van der Waals surface area contributed by atoms with Gasteiger partial charge in [-0.1, -0.05) is 12.1 Å². The number of nitrogens with one attached hydrogen (secondary N) is 3. The molecule has 0 saturated heterocycles. The van der Waals surface area contributed by atoms with Crippen molar-refractivity contribution in [1.82, 2.24) is 14.9 Å². The highest BCUT2D eigenvalue weighted by molar-refractivity contribution is 6.11. The molecule has 3 aromatic rings. The molecule has 1 aliphatic rings. The zero-order valence-corrected chi connectivity index (χ0v) is 15.6. The quantitative estimate of drug-likeness (QED) is 0.529. The molecule has 2 heterocycles. The molecule has 1 unspecified atom stereocenters. The number of amides is 3. The van der Waals surface area contributed by atoms with Gasteiger partial charge >= 0.3 is 0 Å². The van der Waals surface area contributed by atoms with E-state index in [0.29, 0.717) is 28.3 Å². The minimum atomic E-state index is -0.991. The first-order chi connectivity index (χ1) is 14.0. The van der Waals surface area contributed by atoms with Crippen molar-refractivity contribution in [3.63, 3.8) is 0 Å². The number of carbonyl (C=O) groups is 3. The molecule has 0 radical (unpaired) electrons. The Morgan fingerprint density at radius 2 is 2.03 bits per heavy atom. The monoisotopic (exact) mass is 393 g/mol. The number of hydrogen-bond acceptors (Lipinski definition) is 5. The van der Waals surface area contributed by atoms with Gasteiger partial charge in [-0.3, -0.25) is 14.4 Å². The number of hydrogen-bond donors (Lipinski definition) is 4. The molecule has 0 aliphatic carbocycles. The second-order valence-electron chi connectivity index (χ2n) is 6.76. The largest absolute Gasteiger partial charge is 0.388 e. The fourth-order valence-electron chi connectivity index (χ4n) is 3.32. The van der Waals surface area contributed by atoms with Gasteiger partial charge in [-0.2, -0.15) is 0 Å². The van der Waals surface area contributed by atoms with Gasteiger partial charge in [0, 0.05) is 12.7 Å². The van der Waals surface area contributed by atoms with Crippen LogP contribution in [0.4, 0.5) is 11.4 Å². The molecule has 29 heavy (non-hydrogen) atoms. The number of rotatable bonds is 4. The zero-order valence-electron chi connectivity index (χ0n) is 15.6. The van der Waals surface area contributed by atoms with Crippen molar-refractivity contribution in [1.29, 1.82) is 0 Å². The van der Waals surface area contributed by atoms with E-state index in [9.17, 15) is 19.5 Å². The maximum Gasteiger partial charge on any atom is 0.254 e. The first-order valence-electron chi connectivity index (χ1n) is 9.03. The predicted molar refractivity (Wildman–Crippen MR) is 106 cm³/mol. The van der Waals surface area contributed by atoms with Gasteiger partial charge in [-0.05, 0) is 30.3 Å². The SMILES string of the molecule is Cn1c(CO)nc2cc(NC(=O)CC3NC(=O)c4ccccc4NC3=O)ccc21. The van der Waals surface area contributed by atoms with E-state index in [1.807, 2.05) is 0 Å². The fourth-order valence-corrected chi connectivity index (χ4v) is 3.32. The Hall–Kier alpha value is -3.72. The molecule has 3 amide bonds. The van der Waals surface area contributed by atoms with Crippen molar-refractivity contribution < 1.29 is 19.5 Å². The third-order valence-electron chi connectivity index (χ3n) is 4.84. The number of imidazole rings is 1. The Morgan fingerprint density at radius 1 is 1.24 bits per heavy atom. The van der Waals surface area contributed by atoms with Crippen LogP contribution in [0.1, 0.15) is 22.6 Å². The molecule has 0 spiro atoms.